The molecule has 3 aromatic heterocycles. The van der Waals surface area contributed by atoms with Crippen molar-refractivity contribution in [2.24, 2.45) is 0 Å². The minimum Gasteiger partial charge on any atom is -0.338 e. The summed E-state index contributed by atoms with van der Waals surface area (Å²) in [5, 5.41) is 12.9. The lowest BCUT2D eigenvalue weighted by molar-refractivity contribution is 0.134. The number of hydrogen-bond acceptors (Lipinski definition) is 6. The van der Waals surface area contributed by atoms with E-state index < -0.39 is 0 Å². The first-order valence-corrected chi connectivity index (χ1v) is 9.17. The van der Waals surface area contributed by atoms with Crippen LogP contribution in [0.15, 0.2) is 28.9 Å². The smallest absolute Gasteiger partial charge is 0.243 e. The summed E-state index contributed by atoms with van der Waals surface area (Å²) in [5.74, 6) is 3.72. The minimum absolute atomic E-state index is 0.177. The van der Waals surface area contributed by atoms with E-state index in [1.165, 1.54) is 12.8 Å². The SMILES string of the molecule is C[C@H](c1nc(C2CC2)no1)N1CCC(c2nnc3ccccn23)CC1. The third kappa shape index (κ3) is 2.72. The molecule has 1 aliphatic heterocycles. The number of likely N-dealkylation sites (tertiary alicyclic amines) is 1. The van der Waals surface area contributed by atoms with Gasteiger partial charge < -0.3 is 4.52 Å². The van der Waals surface area contributed by atoms with Gasteiger partial charge in [-0.15, -0.1) is 10.2 Å². The van der Waals surface area contributed by atoms with Gasteiger partial charge in [-0.25, -0.2) is 0 Å². The van der Waals surface area contributed by atoms with Crippen LogP contribution >= 0.6 is 0 Å². The Hall–Kier alpha value is -2.28. The summed E-state index contributed by atoms with van der Waals surface area (Å²) in [4.78, 5) is 7.05. The number of pyridine rings is 1. The average Bonchev–Trinajstić information content (AvgIpc) is 3.23. The van der Waals surface area contributed by atoms with Crippen molar-refractivity contribution in [2.75, 3.05) is 13.1 Å². The zero-order valence-electron chi connectivity index (χ0n) is 14.4. The van der Waals surface area contributed by atoms with Gasteiger partial charge in [0.05, 0.1) is 6.04 Å². The predicted molar refractivity (Wildman–Crippen MR) is 91.2 cm³/mol. The summed E-state index contributed by atoms with van der Waals surface area (Å²) in [7, 11) is 0. The molecule has 1 saturated heterocycles. The molecule has 130 valence electrons. The molecule has 1 aliphatic carbocycles. The van der Waals surface area contributed by atoms with Crippen molar-refractivity contribution in [3.05, 3.63) is 41.9 Å². The van der Waals surface area contributed by atoms with Gasteiger partial charge in [0, 0.05) is 18.0 Å². The monoisotopic (exact) mass is 338 g/mol. The maximum Gasteiger partial charge on any atom is 0.243 e. The molecule has 2 aliphatic rings. The first kappa shape index (κ1) is 15.0. The number of aromatic nitrogens is 5. The van der Waals surface area contributed by atoms with Crippen molar-refractivity contribution in [3.8, 4) is 0 Å². The van der Waals surface area contributed by atoms with Crippen LogP contribution in [0.25, 0.3) is 5.65 Å². The van der Waals surface area contributed by atoms with Gasteiger partial charge >= 0.3 is 0 Å². The molecular formula is C18H22N6O. The highest BCUT2D eigenvalue weighted by Crippen LogP contribution is 2.39. The lowest BCUT2D eigenvalue weighted by Gasteiger charge is -2.33. The Bertz CT molecular complexity index is 874. The van der Waals surface area contributed by atoms with Gasteiger partial charge in [0.15, 0.2) is 11.5 Å². The summed E-state index contributed by atoms with van der Waals surface area (Å²) >= 11 is 0. The third-order valence-electron chi connectivity index (χ3n) is 5.54. The molecule has 5 rings (SSSR count). The molecule has 7 heteroatoms. The fraction of sp³-hybridized carbons (Fsp3) is 0.556. The molecule has 0 aromatic carbocycles. The molecule has 0 amide bonds. The Labute approximate surface area is 146 Å². The molecule has 0 unspecified atom stereocenters. The van der Waals surface area contributed by atoms with E-state index in [0.717, 1.165) is 49.1 Å². The highest BCUT2D eigenvalue weighted by molar-refractivity contribution is 5.37. The predicted octanol–water partition coefficient (Wildman–Crippen LogP) is 2.93. The van der Waals surface area contributed by atoms with Crippen LogP contribution in [0.3, 0.4) is 0 Å². The summed E-state index contributed by atoms with van der Waals surface area (Å²) < 4.78 is 7.62. The largest absolute Gasteiger partial charge is 0.338 e. The topological polar surface area (TPSA) is 72.3 Å². The van der Waals surface area contributed by atoms with Gasteiger partial charge in [-0.2, -0.15) is 4.98 Å². The van der Waals surface area contributed by atoms with E-state index in [9.17, 15) is 0 Å². The van der Waals surface area contributed by atoms with Crippen LogP contribution in [0.2, 0.25) is 0 Å². The first-order chi connectivity index (χ1) is 12.3. The van der Waals surface area contributed by atoms with Gasteiger partial charge in [-0.1, -0.05) is 11.2 Å². The van der Waals surface area contributed by atoms with E-state index in [2.05, 4.69) is 42.8 Å². The molecule has 0 radical (unpaired) electrons. The number of fused-ring (bicyclic) bond motifs is 1. The van der Waals surface area contributed by atoms with Gasteiger partial charge in [-0.3, -0.25) is 9.30 Å². The summed E-state index contributed by atoms with van der Waals surface area (Å²) in [5.41, 5.74) is 0.923. The van der Waals surface area contributed by atoms with Crippen LogP contribution in [0.5, 0.6) is 0 Å². The molecular weight excluding hydrogens is 316 g/mol. The van der Waals surface area contributed by atoms with E-state index >= 15 is 0 Å². The fourth-order valence-corrected chi connectivity index (χ4v) is 3.76. The van der Waals surface area contributed by atoms with Crippen molar-refractivity contribution in [1.82, 2.24) is 29.6 Å². The van der Waals surface area contributed by atoms with E-state index in [-0.39, 0.29) is 6.04 Å². The van der Waals surface area contributed by atoms with Crippen molar-refractivity contribution in [1.29, 1.82) is 0 Å². The number of piperidine rings is 1. The molecule has 1 atom stereocenters. The normalized spacial score (nSPS) is 21.0. The number of nitrogens with zero attached hydrogens (tertiary/aromatic N) is 6. The van der Waals surface area contributed by atoms with E-state index in [4.69, 9.17) is 4.52 Å². The summed E-state index contributed by atoms with van der Waals surface area (Å²) in [6.07, 6.45) is 6.60. The molecule has 0 N–H and O–H groups in total. The van der Waals surface area contributed by atoms with Crippen LogP contribution in [-0.4, -0.2) is 42.7 Å². The van der Waals surface area contributed by atoms with E-state index in [1.54, 1.807) is 0 Å². The number of rotatable bonds is 4. The van der Waals surface area contributed by atoms with Crippen molar-refractivity contribution in [3.63, 3.8) is 0 Å². The van der Waals surface area contributed by atoms with Gasteiger partial charge in [-0.05, 0) is 57.8 Å². The lowest BCUT2D eigenvalue weighted by atomic mass is 9.95. The molecule has 7 nitrogen and oxygen atoms in total. The summed E-state index contributed by atoms with van der Waals surface area (Å²) in [6.45, 7) is 4.18. The van der Waals surface area contributed by atoms with E-state index in [0.29, 0.717) is 11.8 Å². The highest BCUT2D eigenvalue weighted by atomic mass is 16.5. The van der Waals surface area contributed by atoms with Crippen LogP contribution in [0, 0.1) is 0 Å². The Morgan fingerprint density at radius 2 is 1.92 bits per heavy atom. The van der Waals surface area contributed by atoms with Crippen LogP contribution in [0.4, 0.5) is 0 Å². The van der Waals surface area contributed by atoms with Crippen LogP contribution < -0.4 is 0 Å². The van der Waals surface area contributed by atoms with Crippen molar-refractivity contribution < 1.29 is 4.52 Å². The van der Waals surface area contributed by atoms with Gasteiger partial charge in [0.2, 0.25) is 5.89 Å². The maximum absolute atomic E-state index is 5.51. The third-order valence-corrected chi connectivity index (χ3v) is 5.54. The molecule has 0 bridgehead atoms. The van der Waals surface area contributed by atoms with Crippen LogP contribution in [-0.2, 0) is 0 Å². The Morgan fingerprint density at radius 3 is 2.72 bits per heavy atom. The second-order valence-electron chi connectivity index (χ2n) is 7.24. The average molecular weight is 338 g/mol. The standard InChI is InChI=1S/C18H22N6O/c1-12(18-19-16(22-25-18)13-5-6-13)23-10-7-14(8-11-23)17-21-20-15-4-2-3-9-24(15)17/h2-4,9,12-14H,5-8,10-11H2,1H3/t12-/m1/s1. The van der Waals surface area contributed by atoms with E-state index in [1.807, 2.05) is 18.2 Å². The molecule has 4 heterocycles. The highest BCUT2D eigenvalue weighted by Gasteiger charge is 2.32. The molecule has 25 heavy (non-hydrogen) atoms. The molecule has 2 fully saturated rings. The Morgan fingerprint density at radius 1 is 1.08 bits per heavy atom. The second-order valence-corrected chi connectivity index (χ2v) is 7.24. The second kappa shape index (κ2) is 5.91. The fourth-order valence-electron chi connectivity index (χ4n) is 3.76. The molecule has 3 aromatic rings. The number of hydrogen-bond donors (Lipinski definition) is 0. The molecule has 0 spiro atoms. The zero-order chi connectivity index (χ0) is 16.8. The lowest BCUT2D eigenvalue weighted by Crippen LogP contribution is -2.35. The maximum atomic E-state index is 5.51. The summed E-state index contributed by atoms with van der Waals surface area (Å²) in [6, 6.07) is 6.21. The first-order valence-electron chi connectivity index (χ1n) is 9.17. The Balaban J connectivity index is 1.27. The zero-order valence-corrected chi connectivity index (χ0v) is 14.4. The van der Waals surface area contributed by atoms with Gasteiger partial charge in [0.25, 0.3) is 0 Å². The Kier molecular flexibility index (Phi) is 3.55. The van der Waals surface area contributed by atoms with Crippen molar-refractivity contribution in [2.45, 2.75) is 50.5 Å². The molecule has 1 saturated carbocycles. The minimum atomic E-state index is 0.177. The van der Waals surface area contributed by atoms with Crippen LogP contribution in [0.1, 0.15) is 68.0 Å². The van der Waals surface area contributed by atoms with Gasteiger partial charge in [0.1, 0.15) is 5.82 Å². The van der Waals surface area contributed by atoms with Crippen molar-refractivity contribution >= 4 is 5.65 Å². The quantitative estimate of drug-likeness (QED) is 0.728.